The Hall–Kier alpha value is -0.750. The number of benzene rings is 1. The summed E-state index contributed by atoms with van der Waals surface area (Å²) in [5, 5.41) is 0.712. The SMILES string of the molecule is O=C(CSc1ccc(Cl)cc1)N1CCC2(CC1)OCCO2. The fourth-order valence-electron chi connectivity index (χ4n) is 2.65. The molecular weight excluding hydrogens is 310 g/mol. The van der Waals surface area contributed by atoms with Gasteiger partial charge in [-0.2, -0.15) is 0 Å². The van der Waals surface area contributed by atoms with Gasteiger partial charge in [0.1, 0.15) is 0 Å². The largest absolute Gasteiger partial charge is 0.347 e. The molecule has 0 N–H and O–H groups in total. The monoisotopic (exact) mass is 327 g/mol. The van der Waals surface area contributed by atoms with E-state index >= 15 is 0 Å². The van der Waals surface area contributed by atoms with Crippen molar-refractivity contribution in [3.8, 4) is 0 Å². The predicted molar refractivity (Wildman–Crippen MR) is 82.6 cm³/mol. The van der Waals surface area contributed by atoms with E-state index in [1.165, 1.54) is 0 Å². The highest BCUT2D eigenvalue weighted by Gasteiger charge is 2.40. The van der Waals surface area contributed by atoms with E-state index in [9.17, 15) is 4.79 Å². The molecule has 3 rings (SSSR count). The summed E-state index contributed by atoms with van der Waals surface area (Å²) in [7, 11) is 0. The van der Waals surface area contributed by atoms with E-state index in [0.29, 0.717) is 37.1 Å². The van der Waals surface area contributed by atoms with E-state index in [1.54, 1.807) is 11.8 Å². The second-order valence-electron chi connectivity index (χ2n) is 5.23. The molecular formula is C15H18ClNO3S. The highest BCUT2D eigenvalue weighted by molar-refractivity contribution is 8.00. The van der Waals surface area contributed by atoms with E-state index in [-0.39, 0.29) is 5.91 Å². The van der Waals surface area contributed by atoms with Gasteiger partial charge in [0.25, 0.3) is 0 Å². The van der Waals surface area contributed by atoms with Gasteiger partial charge in [-0.25, -0.2) is 0 Å². The number of rotatable bonds is 3. The lowest BCUT2D eigenvalue weighted by Crippen LogP contribution is -2.47. The van der Waals surface area contributed by atoms with E-state index in [1.807, 2.05) is 29.2 Å². The average molecular weight is 328 g/mol. The molecule has 2 saturated heterocycles. The van der Waals surface area contributed by atoms with Gasteiger partial charge >= 0.3 is 0 Å². The summed E-state index contributed by atoms with van der Waals surface area (Å²) in [4.78, 5) is 15.2. The smallest absolute Gasteiger partial charge is 0.232 e. The topological polar surface area (TPSA) is 38.8 Å². The number of thioether (sulfide) groups is 1. The van der Waals surface area contributed by atoms with Crippen LogP contribution in [-0.2, 0) is 14.3 Å². The van der Waals surface area contributed by atoms with Crippen LogP contribution in [0.15, 0.2) is 29.2 Å². The highest BCUT2D eigenvalue weighted by Crippen LogP contribution is 2.31. The standard InChI is InChI=1S/C15H18ClNO3S/c16-12-1-3-13(4-2-12)21-11-14(18)17-7-5-15(6-8-17)19-9-10-20-15/h1-4H,5-11H2. The van der Waals surface area contributed by atoms with Crippen molar-refractivity contribution >= 4 is 29.3 Å². The number of hydrogen-bond acceptors (Lipinski definition) is 4. The lowest BCUT2D eigenvalue weighted by atomic mass is 10.0. The lowest BCUT2D eigenvalue weighted by Gasteiger charge is -2.37. The van der Waals surface area contributed by atoms with Crippen molar-refractivity contribution in [1.29, 1.82) is 0 Å². The van der Waals surface area contributed by atoms with Gasteiger partial charge in [0, 0.05) is 35.8 Å². The van der Waals surface area contributed by atoms with Crippen LogP contribution in [0.1, 0.15) is 12.8 Å². The summed E-state index contributed by atoms with van der Waals surface area (Å²) in [5.41, 5.74) is 0. The molecule has 2 heterocycles. The van der Waals surface area contributed by atoms with Crippen LogP contribution in [0, 0.1) is 0 Å². The first-order chi connectivity index (χ1) is 10.2. The zero-order valence-electron chi connectivity index (χ0n) is 11.7. The molecule has 2 fully saturated rings. The minimum absolute atomic E-state index is 0.169. The van der Waals surface area contributed by atoms with Gasteiger partial charge in [-0.15, -0.1) is 11.8 Å². The van der Waals surface area contributed by atoms with E-state index < -0.39 is 5.79 Å². The van der Waals surface area contributed by atoms with Crippen molar-refractivity contribution in [1.82, 2.24) is 4.90 Å². The molecule has 0 saturated carbocycles. The maximum Gasteiger partial charge on any atom is 0.232 e. The van der Waals surface area contributed by atoms with Crippen molar-refractivity contribution in [3.05, 3.63) is 29.3 Å². The maximum absolute atomic E-state index is 12.2. The van der Waals surface area contributed by atoms with Crippen LogP contribution in [0.3, 0.4) is 0 Å². The second-order valence-corrected chi connectivity index (χ2v) is 6.72. The average Bonchev–Trinajstić information content (AvgIpc) is 2.95. The van der Waals surface area contributed by atoms with Gasteiger partial charge in [-0.3, -0.25) is 4.79 Å². The number of carbonyl (C=O) groups is 1. The van der Waals surface area contributed by atoms with Crippen molar-refractivity contribution in [2.75, 3.05) is 32.1 Å². The number of piperidine rings is 1. The minimum atomic E-state index is -0.417. The van der Waals surface area contributed by atoms with Crippen LogP contribution in [-0.4, -0.2) is 48.7 Å². The van der Waals surface area contributed by atoms with E-state index in [0.717, 1.165) is 17.7 Å². The van der Waals surface area contributed by atoms with Crippen LogP contribution in [0.4, 0.5) is 0 Å². The fourth-order valence-corrected chi connectivity index (χ4v) is 3.58. The van der Waals surface area contributed by atoms with E-state index in [2.05, 4.69) is 0 Å². The molecule has 114 valence electrons. The normalized spacial score (nSPS) is 20.9. The number of halogens is 1. The van der Waals surface area contributed by atoms with E-state index in [4.69, 9.17) is 21.1 Å². The third kappa shape index (κ3) is 3.72. The number of amides is 1. The first-order valence-electron chi connectivity index (χ1n) is 7.11. The van der Waals surface area contributed by atoms with Crippen LogP contribution >= 0.6 is 23.4 Å². The summed E-state index contributed by atoms with van der Waals surface area (Å²) in [5.74, 6) is 0.207. The minimum Gasteiger partial charge on any atom is -0.347 e. The summed E-state index contributed by atoms with van der Waals surface area (Å²) in [6.45, 7) is 2.75. The Bertz CT molecular complexity index is 492. The molecule has 0 unspecified atom stereocenters. The van der Waals surface area contributed by atoms with Crippen LogP contribution < -0.4 is 0 Å². The first-order valence-corrected chi connectivity index (χ1v) is 8.47. The van der Waals surface area contributed by atoms with Gasteiger partial charge in [-0.05, 0) is 24.3 Å². The third-order valence-electron chi connectivity index (χ3n) is 3.87. The zero-order chi connectivity index (χ0) is 14.7. The van der Waals surface area contributed by atoms with Crippen molar-refractivity contribution < 1.29 is 14.3 Å². The summed E-state index contributed by atoms with van der Waals surface area (Å²) < 4.78 is 11.3. The molecule has 1 amide bonds. The van der Waals surface area contributed by atoms with Gasteiger partial charge in [-0.1, -0.05) is 11.6 Å². The van der Waals surface area contributed by atoms with Gasteiger partial charge in [0.15, 0.2) is 5.79 Å². The molecule has 0 aliphatic carbocycles. The molecule has 2 aliphatic heterocycles. The maximum atomic E-state index is 12.2. The molecule has 4 nitrogen and oxygen atoms in total. The fraction of sp³-hybridized carbons (Fsp3) is 0.533. The third-order valence-corrected chi connectivity index (χ3v) is 5.12. The quantitative estimate of drug-likeness (QED) is 0.800. The molecule has 0 aromatic heterocycles. The number of nitrogens with zero attached hydrogens (tertiary/aromatic N) is 1. The lowest BCUT2D eigenvalue weighted by molar-refractivity contribution is -0.186. The second kappa shape index (κ2) is 6.57. The Morgan fingerprint density at radius 2 is 1.81 bits per heavy atom. The number of carbonyl (C=O) groups excluding carboxylic acids is 1. The molecule has 0 atom stereocenters. The summed E-state index contributed by atoms with van der Waals surface area (Å²) in [6, 6.07) is 7.55. The molecule has 21 heavy (non-hydrogen) atoms. The molecule has 0 bridgehead atoms. The van der Waals surface area contributed by atoms with Gasteiger partial charge in [0.05, 0.1) is 19.0 Å². The van der Waals surface area contributed by atoms with Crippen molar-refractivity contribution in [2.45, 2.75) is 23.5 Å². The number of ether oxygens (including phenoxy) is 2. The molecule has 1 aromatic carbocycles. The number of hydrogen-bond donors (Lipinski definition) is 0. The molecule has 1 spiro atoms. The van der Waals surface area contributed by atoms with Gasteiger partial charge < -0.3 is 14.4 Å². The first kappa shape index (κ1) is 15.2. The predicted octanol–water partition coefficient (Wildman–Crippen LogP) is 2.80. The molecule has 2 aliphatic rings. The van der Waals surface area contributed by atoms with Crippen LogP contribution in [0.5, 0.6) is 0 Å². The Morgan fingerprint density at radius 1 is 1.19 bits per heavy atom. The Balaban J connectivity index is 1.47. The number of likely N-dealkylation sites (tertiary alicyclic amines) is 1. The summed E-state index contributed by atoms with van der Waals surface area (Å²) >= 11 is 7.39. The Morgan fingerprint density at radius 3 is 2.43 bits per heavy atom. The van der Waals surface area contributed by atoms with Crippen LogP contribution in [0.2, 0.25) is 5.02 Å². The van der Waals surface area contributed by atoms with Crippen molar-refractivity contribution in [2.24, 2.45) is 0 Å². The molecule has 0 radical (unpaired) electrons. The summed E-state index contributed by atoms with van der Waals surface area (Å²) in [6.07, 6.45) is 1.54. The van der Waals surface area contributed by atoms with Crippen molar-refractivity contribution in [3.63, 3.8) is 0 Å². The zero-order valence-corrected chi connectivity index (χ0v) is 13.3. The van der Waals surface area contributed by atoms with Crippen LogP contribution in [0.25, 0.3) is 0 Å². The molecule has 1 aromatic rings. The molecule has 6 heteroatoms. The Kier molecular flexibility index (Phi) is 4.74. The van der Waals surface area contributed by atoms with Gasteiger partial charge in [0.2, 0.25) is 5.91 Å². The Labute approximate surface area is 133 Å². The highest BCUT2D eigenvalue weighted by atomic mass is 35.5.